The molecule has 0 aromatic heterocycles. The molecule has 1 aliphatic heterocycles. The first-order valence-corrected chi connectivity index (χ1v) is 8.29. The van der Waals surface area contributed by atoms with Gasteiger partial charge in [-0.3, -0.25) is 0 Å². The smallest absolute Gasteiger partial charge is 0.155 e. The van der Waals surface area contributed by atoms with Crippen LogP contribution in [0.5, 0.6) is 0 Å². The van der Waals surface area contributed by atoms with E-state index >= 15 is 0 Å². The number of benzene rings is 1. The Morgan fingerprint density at radius 1 is 1.33 bits per heavy atom. The van der Waals surface area contributed by atoms with Crippen molar-refractivity contribution in [2.24, 2.45) is 0 Å². The molecule has 1 aromatic rings. The van der Waals surface area contributed by atoms with Crippen LogP contribution < -0.4 is 5.32 Å². The van der Waals surface area contributed by atoms with Crippen molar-refractivity contribution in [2.75, 3.05) is 12.8 Å². The topological polar surface area (TPSA) is 46.2 Å². The van der Waals surface area contributed by atoms with E-state index in [1.165, 1.54) is 0 Å². The van der Waals surface area contributed by atoms with E-state index in [4.69, 9.17) is 11.6 Å². The molecule has 1 N–H and O–H groups in total. The summed E-state index contributed by atoms with van der Waals surface area (Å²) >= 11 is 6.18. The number of hydrogen-bond donors (Lipinski definition) is 1. The fourth-order valence-corrected chi connectivity index (χ4v) is 5.01. The molecule has 3 nitrogen and oxygen atoms in total. The predicted molar refractivity (Wildman–Crippen MR) is 74.7 cm³/mol. The highest BCUT2D eigenvalue weighted by atomic mass is 35.5. The molecule has 2 atom stereocenters. The lowest BCUT2D eigenvalue weighted by atomic mass is 9.99. The molecule has 18 heavy (non-hydrogen) atoms. The van der Waals surface area contributed by atoms with Gasteiger partial charge in [0, 0.05) is 5.02 Å². The highest BCUT2D eigenvalue weighted by molar-refractivity contribution is 7.92. The van der Waals surface area contributed by atoms with E-state index in [-0.39, 0.29) is 11.3 Å². The van der Waals surface area contributed by atoms with Crippen LogP contribution in [0.3, 0.4) is 0 Å². The Labute approximate surface area is 113 Å². The minimum absolute atomic E-state index is 0.219. The molecule has 0 bridgehead atoms. The summed E-state index contributed by atoms with van der Waals surface area (Å²) in [4.78, 5) is 0. The molecule has 0 aliphatic carbocycles. The van der Waals surface area contributed by atoms with Gasteiger partial charge in [-0.25, -0.2) is 8.42 Å². The van der Waals surface area contributed by atoms with Crippen molar-refractivity contribution in [3.8, 4) is 0 Å². The van der Waals surface area contributed by atoms with E-state index in [0.717, 1.165) is 18.4 Å². The normalized spacial score (nSPS) is 24.7. The van der Waals surface area contributed by atoms with Crippen LogP contribution in [0.15, 0.2) is 24.3 Å². The molecule has 2 unspecified atom stereocenters. The van der Waals surface area contributed by atoms with Crippen LogP contribution in [-0.4, -0.2) is 26.5 Å². The van der Waals surface area contributed by atoms with Crippen molar-refractivity contribution in [1.82, 2.24) is 5.32 Å². The molecule has 1 aliphatic rings. The zero-order valence-corrected chi connectivity index (χ0v) is 12.0. The summed E-state index contributed by atoms with van der Waals surface area (Å²) in [6.07, 6.45) is 2.45. The lowest BCUT2D eigenvalue weighted by Gasteiger charge is -2.30. The first-order chi connectivity index (χ1) is 8.56. The van der Waals surface area contributed by atoms with Gasteiger partial charge in [0.15, 0.2) is 9.84 Å². The van der Waals surface area contributed by atoms with Gasteiger partial charge in [-0.05, 0) is 31.5 Å². The third-order valence-electron chi connectivity index (χ3n) is 3.55. The summed E-state index contributed by atoms with van der Waals surface area (Å²) in [5.41, 5.74) is 0.872. The van der Waals surface area contributed by atoms with Crippen molar-refractivity contribution >= 4 is 21.4 Å². The quantitative estimate of drug-likeness (QED) is 0.929. The van der Waals surface area contributed by atoms with Crippen molar-refractivity contribution < 1.29 is 8.42 Å². The van der Waals surface area contributed by atoms with Crippen LogP contribution in [0.25, 0.3) is 0 Å². The van der Waals surface area contributed by atoms with E-state index in [9.17, 15) is 8.42 Å². The maximum absolute atomic E-state index is 12.2. The van der Waals surface area contributed by atoms with Gasteiger partial charge in [-0.2, -0.15) is 0 Å². The molecule has 1 heterocycles. The van der Waals surface area contributed by atoms with E-state index < -0.39 is 9.84 Å². The molecule has 100 valence electrons. The minimum atomic E-state index is -3.02. The Kier molecular flexibility index (Phi) is 4.30. The van der Waals surface area contributed by atoms with Crippen LogP contribution >= 0.6 is 11.6 Å². The summed E-state index contributed by atoms with van der Waals surface area (Å²) in [7, 11) is -1.23. The highest BCUT2D eigenvalue weighted by Gasteiger charge is 2.36. The molecule has 0 amide bonds. The van der Waals surface area contributed by atoms with Crippen LogP contribution in [0.2, 0.25) is 5.02 Å². The van der Waals surface area contributed by atoms with Crippen LogP contribution in [0.1, 0.15) is 30.9 Å². The van der Waals surface area contributed by atoms with Gasteiger partial charge >= 0.3 is 0 Å². The Bertz CT molecular complexity index is 515. The summed E-state index contributed by atoms with van der Waals surface area (Å²) in [6, 6.07) is 7.23. The minimum Gasteiger partial charge on any atom is -0.312 e. The number of sulfone groups is 1. The molecule has 0 radical (unpaired) electrons. The Morgan fingerprint density at radius 2 is 2.06 bits per heavy atom. The molecule has 1 saturated heterocycles. The Morgan fingerprint density at radius 3 is 2.67 bits per heavy atom. The Hall–Kier alpha value is -0.580. The lowest BCUT2D eigenvalue weighted by molar-refractivity contribution is 0.469. The largest absolute Gasteiger partial charge is 0.312 e. The number of halogens is 1. The van der Waals surface area contributed by atoms with Crippen LogP contribution in [-0.2, 0) is 9.84 Å². The number of rotatable bonds is 3. The average molecular weight is 288 g/mol. The molecule has 5 heteroatoms. The predicted octanol–water partition coefficient (Wildman–Crippen LogP) is 2.57. The maximum Gasteiger partial charge on any atom is 0.155 e. The fraction of sp³-hybridized carbons (Fsp3) is 0.538. The second-order valence-electron chi connectivity index (χ2n) is 4.69. The Balaban J connectivity index is 2.37. The van der Waals surface area contributed by atoms with Crippen LogP contribution in [0, 0.1) is 0 Å². The maximum atomic E-state index is 12.2. The number of hydrogen-bond acceptors (Lipinski definition) is 3. The highest BCUT2D eigenvalue weighted by Crippen LogP contribution is 2.33. The average Bonchev–Trinajstić information content (AvgIpc) is 2.34. The van der Waals surface area contributed by atoms with Gasteiger partial charge in [-0.1, -0.05) is 36.2 Å². The van der Waals surface area contributed by atoms with Crippen molar-refractivity contribution in [3.05, 3.63) is 34.9 Å². The second-order valence-corrected chi connectivity index (χ2v) is 7.44. The standard InChI is InChI=1S/C13H18ClNO2S/c1-15-13(10-6-2-3-7-11(10)14)12-8-4-5-9-18(12,16)17/h2-3,6-7,12-13,15H,4-5,8-9H2,1H3. The second kappa shape index (κ2) is 5.59. The van der Waals surface area contributed by atoms with Gasteiger partial charge in [-0.15, -0.1) is 0 Å². The van der Waals surface area contributed by atoms with Gasteiger partial charge < -0.3 is 5.32 Å². The molecule has 1 aromatic carbocycles. The van der Waals surface area contributed by atoms with Gasteiger partial charge in [0.05, 0.1) is 17.0 Å². The third-order valence-corrected chi connectivity index (χ3v) is 6.18. The molecule has 1 fully saturated rings. The zero-order chi connectivity index (χ0) is 13.2. The SMILES string of the molecule is CNC(c1ccccc1Cl)C1CCCCS1(=O)=O. The van der Waals surface area contributed by atoms with Crippen LogP contribution in [0.4, 0.5) is 0 Å². The van der Waals surface area contributed by atoms with E-state index in [1.807, 2.05) is 18.2 Å². The van der Waals surface area contributed by atoms with E-state index in [2.05, 4.69) is 5.32 Å². The molecular formula is C13H18ClNO2S. The van der Waals surface area contributed by atoms with Crippen molar-refractivity contribution in [1.29, 1.82) is 0 Å². The van der Waals surface area contributed by atoms with E-state index in [1.54, 1.807) is 13.1 Å². The third kappa shape index (κ3) is 2.71. The summed E-state index contributed by atoms with van der Waals surface area (Å²) in [6.45, 7) is 0. The molecule has 2 rings (SSSR count). The van der Waals surface area contributed by atoms with Crippen molar-refractivity contribution in [2.45, 2.75) is 30.6 Å². The molecular weight excluding hydrogens is 270 g/mol. The van der Waals surface area contributed by atoms with Gasteiger partial charge in [0.25, 0.3) is 0 Å². The summed E-state index contributed by atoms with van der Waals surface area (Å²) < 4.78 is 24.4. The first-order valence-electron chi connectivity index (χ1n) is 6.19. The van der Waals surface area contributed by atoms with E-state index in [0.29, 0.717) is 17.2 Å². The fourth-order valence-electron chi connectivity index (χ4n) is 2.62. The molecule has 0 saturated carbocycles. The first kappa shape index (κ1) is 13.8. The van der Waals surface area contributed by atoms with Gasteiger partial charge in [0.1, 0.15) is 0 Å². The zero-order valence-electron chi connectivity index (χ0n) is 10.4. The van der Waals surface area contributed by atoms with Crippen molar-refractivity contribution in [3.63, 3.8) is 0 Å². The molecule has 0 spiro atoms. The monoisotopic (exact) mass is 287 g/mol. The summed E-state index contributed by atoms with van der Waals surface area (Å²) in [5, 5.41) is 3.38. The number of nitrogens with one attached hydrogen (secondary N) is 1. The summed E-state index contributed by atoms with van der Waals surface area (Å²) in [5.74, 6) is 0.292. The van der Waals surface area contributed by atoms with Gasteiger partial charge in [0.2, 0.25) is 0 Å². The lowest BCUT2D eigenvalue weighted by Crippen LogP contribution is -2.39.